The molecule has 0 aliphatic heterocycles. The van der Waals surface area contributed by atoms with Crippen molar-refractivity contribution in [2.24, 2.45) is 5.73 Å². The second-order valence-electron chi connectivity index (χ2n) is 6.32. The van der Waals surface area contributed by atoms with Crippen LogP contribution in [0.4, 0.5) is 0 Å². The molecule has 0 fully saturated rings. The van der Waals surface area contributed by atoms with Gasteiger partial charge in [-0.2, -0.15) is 0 Å². The first-order chi connectivity index (χ1) is 10.6. The minimum absolute atomic E-state index is 0.0774. The summed E-state index contributed by atoms with van der Waals surface area (Å²) in [5, 5.41) is 27.9. The molecule has 0 aliphatic carbocycles. The minimum Gasteiger partial charge on any atom is -0.514 e. The highest BCUT2D eigenvalue weighted by Gasteiger charge is 2.18. The maximum Gasteiger partial charge on any atom is 0.122 e. The fourth-order valence-corrected chi connectivity index (χ4v) is 2.65. The van der Waals surface area contributed by atoms with E-state index in [1.807, 2.05) is 0 Å². The standard InChI is InChI=1S/C18H37NO3/c1-2-3-4-5-6-7-8-9-10-11-12-13-14-17(21)18(22)16(19)15-20/h15,17-18,20-22H,2-14,19H2,1H3. The van der Waals surface area contributed by atoms with Gasteiger partial charge in [-0.1, -0.05) is 84.0 Å². The molecule has 132 valence electrons. The molecule has 0 aromatic rings. The Labute approximate surface area is 136 Å². The van der Waals surface area contributed by atoms with Gasteiger partial charge in [0.2, 0.25) is 0 Å². The van der Waals surface area contributed by atoms with Crippen LogP contribution in [0.25, 0.3) is 0 Å². The Morgan fingerprint density at radius 3 is 1.64 bits per heavy atom. The first-order valence-electron chi connectivity index (χ1n) is 9.09. The Balaban J connectivity index is 3.30. The van der Waals surface area contributed by atoms with E-state index < -0.39 is 12.2 Å². The molecule has 0 bridgehead atoms. The first kappa shape index (κ1) is 21.3. The fraction of sp³-hybridized carbons (Fsp3) is 0.889. The molecular weight excluding hydrogens is 278 g/mol. The summed E-state index contributed by atoms with van der Waals surface area (Å²) in [7, 11) is 0. The third-order valence-electron chi connectivity index (χ3n) is 4.21. The van der Waals surface area contributed by atoms with Crippen LogP contribution in [0.1, 0.15) is 90.4 Å². The van der Waals surface area contributed by atoms with Crippen LogP contribution in [-0.4, -0.2) is 27.5 Å². The zero-order chi connectivity index (χ0) is 16.6. The first-order valence-corrected chi connectivity index (χ1v) is 9.09. The van der Waals surface area contributed by atoms with Gasteiger partial charge in [-0.15, -0.1) is 0 Å². The lowest BCUT2D eigenvalue weighted by Crippen LogP contribution is -2.31. The Kier molecular flexibility index (Phi) is 14.7. The molecule has 4 heteroatoms. The molecular formula is C18H37NO3. The van der Waals surface area contributed by atoms with Crippen molar-refractivity contribution < 1.29 is 15.3 Å². The summed E-state index contributed by atoms with van der Waals surface area (Å²) in [5.74, 6) is 0. The van der Waals surface area contributed by atoms with E-state index in [4.69, 9.17) is 10.8 Å². The number of hydrogen-bond donors (Lipinski definition) is 4. The molecule has 22 heavy (non-hydrogen) atoms. The summed E-state index contributed by atoms with van der Waals surface area (Å²) >= 11 is 0. The van der Waals surface area contributed by atoms with Gasteiger partial charge in [0.1, 0.15) is 12.4 Å². The number of aliphatic hydroxyl groups excluding tert-OH is 3. The monoisotopic (exact) mass is 315 g/mol. The van der Waals surface area contributed by atoms with Crippen LogP contribution >= 0.6 is 0 Å². The summed E-state index contributed by atoms with van der Waals surface area (Å²) in [4.78, 5) is 0. The lowest BCUT2D eigenvalue weighted by molar-refractivity contribution is 0.0327. The van der Waals surface area contributed by atoms with Crippen LogP contribution in [0.5, 0.6) is 0 Å². The van der Waals surface area contributed by atoms with Crippen molar-refractivity contribution in [2.45, 2.75) is 103 Å². The maximum absolute atomic E-state index is 9.70. The average molecular weight is 315 g/mol. The summed E-state index contributed by atoms with van der Waals surface area (Å²) in [5.41, 5.74) is 5.28. The van der Waals surface area contributed by atoms with Gasteiger partial charge in [0.15, 0.2) is 0 Å². The smallest absolute Gasteiger partial charge is 0.122 e. The topological polar surface area (TPSA) is 86.7 Å². The van der Waals surface area contributed by atoms with Crippen molar-refractivity contribution in [3.8, 4) is 0 Å². The van der Waals surface area contributed by atoms with Crippen LogP contribution < -0.4 is 5.73 Å². The zero-order valence-corrected chi connectivity index (χ0v) is 14.3. The largest absolute Gasteiger partial charge is 0.514 e. The van der Waals surface area contributed by atoms with E-state index in [9.17, 15) is 10.2 Å². The number of unbranched alkanes of at least 4 members (excludes halogenated alkanes) is 11. The summed E-state index contributed by atoms with van der Waals surface area (Å²) in [6, 6.07) is 0. The van der Waals surface area contributed by atoms with E-state index >= 15 is 0 Å². The molecule has 0 radical (unpaired) electrons. The third kappa shape index (κ3) is 11.9. The van der Waals surface area contributed by atoms with Crippen molar-refractivity contribution in [2.75, 3.05) is 0 Å². The van der Waals surface area contributed by atoms with E-state index in [0.29, 0.717) is 12.7 Å². The molecule has 0 aromatic heterocycles. The lowest BCUT2D eigenvalue weighted by atomic mass is 10.0. The van der Waals surface area contributed by atoms with E-state index in [-0.39, 0.29) is 5.70 Å². The minimum atomic E-state index is -1.15. The molecule has 0 amide bonds. The van der Waals surface area contributed by atoms with E-state index in [1.165, 1.54) is 64.2 Å². The van der Waals surface area contributed by atoms with E-state index in [1.54, 1.807) is 0 Å². The summed E-state index contributed by atoms with van der Waals surface area (Å²) < 4.78 is 0. The highest BCUT2D eigenvalue weighted by molar-refractivity contribution is 5.01. The molecule has 0 saturated heterocycles. The van der Waals surface area contributed by atoms with Gasteiger partial charge < -0.3 is 21.1 Å². The molecule has 5 N–H and O–H groups in total. The van der Waals surface area contributed by atoms with Crippen molar-refractivity contribution in [3.63, 3.8) is 0 Å². The number of nitrogens with two attached hydrogens (primary N) is 1. The van der Waals surface area contributed by atoms with Crippen LogP contribution in [-0.2, 0) is 0 Å². The number of rotatable bonds is 15. The van der Waals surface area contributed by atoms with Crippen molar-refractivity contribution in [1.29, 1.82) is 0 Å². The average Bonchev–Trinajstić information content (AvgIpc) is 2.54. The van der Waals surface area contributed by atoms with Gasteiger partial charge in [0.25, 0.3) is 0 Å². The number of hydrogen-bond acceptors (Lipinski definition) is 4. The normalized spacial score (nSPS) is 15.0. The second-order valence-corrected chi connectivity index (χ2v) is 6.32. The van der Waals surface area contributed by atoms with Gasteiger partial charge in [0.05, 0.1) is 11.8 Å². The molecule has 0 rings (SSSR count). The molecule has 0 aliphatic rings. The second kappa shape index (κ2) is 15.2. The van der Waals surface area contributed by atoms with E-state index in [2.05, 4.69) is 6.92 Å². The van der Waals surface area contributed by atoms with Crippen molar-refractivity contribution >= 4 is 0 Å². The fourth-order valence-electron chi connectivity index (χ4n) is 2.65. The van der Waals surface area contributed by atoms with Crippen LogP contribution in [0.3, 0.4) is 0 Å². The molecule has 2 atom stereocenters. The van der Waals surface area contributed by atoms with Crippen LogP contribution in [0.2, 0.25) is 0 Å². The number of aliphatic hydroxyl groups is 3. The molecule has 0 spiro atoms. The molecule has 0 saturated carbocycles. The van der Waals surface area contributed by atoms with Gasteiger partial charge in [0, 0.05) is 0 Å². The highest BCUT2D eigenvalue weighted by atomic mass is 16.3. The molecule has 0 aromatic carbocycles. The highest BCUT2D eigenvalue weighted by Crippen LogP contribution is 2.14. The van der Waals surface area contributed by atoms with E-state index in [0.717, 1.165) is 12.8 Å². The van der Waals surface area contributed by atoms with Gasteiger partial charge in [-0.3, -0.25) is 0 Å². The Morgan fingerprint density at radius 1 is 0.818 bits per heavy atom. The van der Waals surface area contributed by atoms with Gasteiger partial charge in [-0.25, -0.2) is 0 Å². The van der Waals surface area contributed by atoms with Gasteiger partial charge in [-0.05, 0) is 6.42 Å². The Morgan fingerprint density at radius 2 is 1.23 bits per heavy atom. The summed E-state index contributed by atoms with van der Waals surface area (Å²) in [6.07, 6.45) is 14.4. The lowest BCUT2D eigenvalue weighted by Gasteiger charge is -2.17. The predicted octanol–water partition coefficient (Wildman–Crippen LogP) is 4.16. The van der Waals surface area contributed by atoms with Crippen LogP contribution in [0, 0.1) is 0 Å². The van der Waals surface area contributed by atoms with Crippen molar-refractivity contribution in [3.05, 3.63) is 12.0 Å². The molecule has 2 unspecified atom stereocenters. The Hall–Kier alpha value is -0.740. The Bertz CT molecular complexity index is 269. The zero-order valence-electron chi connectivity index (χ0n) is 14.3. The third-order valence-corrected chi connectivity index (χ3v) is 4.21. The molecule has 0 heterocycles. The quantitative estimate of drug-likeness (QED) is 0.270. The maximum atomic E-state index is 9.70. The predicted molar refractivity (Wildman–Crippen MR) is 92.6 cm³/mol. The van der Waals surface area contributed by atoms with Gasteiger partial charge >= 0.3 is 0 Å². The van der Waals surface area contributed by atoms with Crippen molar-refractivity contribution in [1.82, 2.24) is 0 Å². The molecule has 4 nitrogen and oxygen atoms in total. The summed E-state index contributed by atoms with van der Waals surface area (Å²) in [6.45, 7) is 2.25. The SMILES string of the molecule is CCCCCCCCCCCCCCC(O)C(O)C(N)=CO. The van der Waals surface area contributed by atoms with Crippen LogP contribution in [0.15, 0.2) is 12.0 Å².